The van der Waals surface area contributed by atoms with Gasteiger partial charge in [0.1, 0.15) is 12.1 Å². The minimum absolute atomic E-state index is 0.291. The summed E-state index contributed by atoms with van der Waals surface area (Å²) in [6.07, 6.45) is 1.70. The van der Waals surface area contributed by atoms with Crippen molar-refractivity contribution in [1.82, 2.24) is 9.55 Å². The van der Waals surface area contributed by atoms with Gasteiger partial charge in [0.05, 0.1) is 22.4 Å². The van der Waals surface area contributed by atoms with E-state index < -0.39 is 0 Å². The van der Waals surface area contributed by atoms with E-state index in [0.29, 0.717) is 11.3 Å². The van der Waals surface area contributed by atoms with Crippen LogP contribution in [0.5, 0.6) is 0 Å². The van der Waals surface area contributed by atoms with Gasteiger partial charge < -0.3 is 5.73 Å². The fourth-order valence-corrected chi connectivity index (χ4v) is 2.04. The van der Waals surface area contributed by atoms with Crippen LogP contribution in [-0.2, 0) is 0 Å². The Bertz CT molecular complexity index is 731. The summed E-state index contributed by atoms with van der Waals surface area (Å²) in [5.74, 6) is -0.291. The zero-order valence-corrected chi connectivity index (χ0v) is 9.89. The van der Waals surface area contributed by atoms with Crippen LogP contribution in [0.3, 0.4) is 0 Å². The summed E-state index contributed by atoms with van der Waals surface area (Å²) < 4.78 is 15.3. The Morgan fingerprint density at radius 3 is 2.83 bits per heavy atom. The number of rotatable bonds is 1. The third-order valence-corrected chi connectivity index (χ3v) is 3.02. The fourth-order valence-electron chi connectivity index (χ4n) is 2.04. The summed E-state index contributed by atoms with van der Waals surface area (Å²) in [4.78, 5) is 4.30. The maximum Gasteiger partial charge on any atom is 0.128 e. The molecule has 0 atom stereocenters. The molecule has 0 fully saturated rings. The lowest BCUT2D eigenvalue weighted by Gasteiger charge is -2.09. The molecule has 90 valence electrons. The van der Waals surface area contributed by atoms with Gasteiger partial charge in [0.15, 0.2) is 0 Å². The first kappa shape index (κ1) is 10.8. The number of hydrogen-bond donors (Lipinski definition) is 1. The monoisotopic (exact) mass is 241 g/mol. The molecule has 2 aromatic carbocycles. The number of nitrogens with two attached hydrogens (primary N) is 1. The van der Waals surface area contributed by atoms with Crippen molar-refractivity contribution in [2.24, 2.45) is 0 Å². The number of hydrogen-bond acceptors (Lipinski definition) is 2. The number of aromatic nitrogens is 2. The molecule has 4 heteroatoms. The lowest BCUT2D eigenvalue weighted by atomic mass is 10.1. The van der Waals surface area contributed by atoms with E-state index >= 15 is 0 Å². The smallest absolute Gasteiger partial charge is 0.128 e. The predicted octanol–water partition coefficient (Wildman–Crippen LogP) is 3.06. The summed E-state index contributed by atoms with van der Waals surface area (Å²) in [5.41, 5.74) is 9.45. The minimum atomic E-state index is -0.291. The lowest BCUT2D eigenvalue weighted by molar-refractivity contribution is 0.619. The van der Waals surface area contributed by atoms with Crippen LogP contribution in [0.4, 0.5) is 10.1 Å². The summed E-state index contributed by atoms with van der Waals surface area (Å²) in [6.45, 7) is 1.72. The first-order chi connectivity index (χ1) is 8.66. The van der Waals surface area contributed by atoms with Crippen LogP contribution in [0.15, 0.2) is 42.7 Å². The molecule has 2 N–H and O–H groups in total. The standard InChI is InChI=1S/C14H12FN3/c1-9-6-14(11(16)7-10(9)15)18-8-17-12-4-2-3-5-13(12)18/h2-8H,16H2,1H3. The second-order valence-electron chi connectivity index (χ2n) is 4.26. The minimum Gasteiger partial charge on any atom is -0.397 e. The van der Waals surface area contributed by atoms with E-state index in [-0.39, 0.29) is 5.82 Å². The third-order valence-electron chi connectivity index (χ3n) is 3.02. The van der Waals surface area contributed by atoms with Crippen LogP contribution in [0.25, 0.3) is 16.7 Å². The van der Waals surface area contributed by atoms with Gasteiger partial charge >= 0.3 is 0 Å². The van der Waals surface area contributed by atoms with Crippen LogP contribution < -0.4 is 5.73 Å². The quantitative estimate of drug-likeness (QED) is 0.665. The van der Waals surface area contributed by atoms with Gasteiger partial charge in [-0.1, -0.05) is 12.1 Å². The summed E-state index contributed by atoms with van der Waals surface area (Å²) in [7, 11) is 0. The van der Waals surface area contributed by atoms with Crippen LogP contribution in [0.2, 0.25) is 0 Å². The fraction of sp³-hybridized carbons (Fsp3) is 0.0714. The molecule has 0 radical (unpaired) electrons. The molecule has 0 aliphatic heterocycles. The number of para-hydroxylation sites is 2. The molecule has 0 saturated heterocycles. The highest BCUT2D eigenvalue weighted by molar-refractivity contribution is 5.79. The molecule has 0 bridgehead atoms. The summed E-state index contributed by atoms with van der Waals surface area (Å²) in [5, 5.41) is 0. The predicted molar refractivity (Wildman–Crippen MR) is 70.2 cm³/mol. The van der Waals surface area contributed by atoms with Crippen molar-refractivity contribution in [2.45, 2.75) is 6.92 Å². The lowest BCUT2D eigenvalue weighted by Crippen LogP contribution is -2.00. The SMILES string of the molecule is Cc1cc(-n2cnc3ccccc32)c(N)cc1F. The number of anilines is 1. The number of benzene rings is 2. The highest BCUT2D eigenvalue weighted by atomic mass is 19.1. The average molecular weight is 241 g/mol. The molecule has 3 rings (SSSR count). The average Bonchev–Trinajstić information content (AvgIpc) is 2.78. The van der Waals surface area contributed by atoms with Crippen molar-refractivity contribution in [3.05, 3.63) is 54.1 Å². The van der Waals surface area contributed by atoms with Crippen LogP contribution in [0.1, 0.15) is 5.56 Å². The van der Waals surface area contributed by atoms with Crippen LogP contribution in [-0.4, -0.2) is 9.55 Å². The van der Waals surface area contributed by atoms with Gasteiger partial charge in [0.25, 0.3) is 0 Å². The first-order valence-corrected chi connectivity index (χ1v) is 5.65. The van der Waals surface area contributed by atoms with E-state index in [4.69, 9.17) is 5.73 Å². The Hall–Kier alpha value is -2.36. The van der Waals surface area contributed by atoms with E-state index in [1.54, 1.807) is 19.3 Å². The number of nitrogens with zero attached hydrogens (tertiary/aromatic N) is 2. The van der Waals surface area contributed by atoms with E-state index in [9.17, 15) is 4.39 Å². The van der Waals surface area contributed by atoms with Crippen molar-refractivity contribution in [3.63, 3.8) is 0 Å². The van der Waals surface area contributed by atoms with Gasteiger partial charge in [0, 0.05) is 0 Å². The zero-order valence-electron chi connectivity index (χ0n) is 9.89. The van der Waals surface area contributed by atoms with Crippen molar-refractivity contribution in [2.75, 3.05) is 5.73 Å². The molecule has 3 aromatic rings. The second-order valence-corrected chi connectivity index (χ2v) is 4.26. The Kier molecular flexibility index (Phi) is 2.30. The normalized spacial score (nSPS) is 11.0. The molecule has 0 amide bonds. The van der Waals surface area contributed by atoms with Gasteiger partial charge in [-0.25, -0.2) is 9.37 Å². The van der Waals surface area contributed by atoms with Gasteiger partial charge in [0.2, 0.25) is 0 Å². The molecule has 0 unspecified atom stereocenters. The number of nitrogen functional groups attached to an aromatic ring is 1. The Balaban J connectivity index is 2.29. The molecule has 1 heterocycles. The summed E-state index contributed by atoms with van der Waals surface area (Å²) >= 11 is 0. The van der Waals surface area contributed by atoms with Gasteiger partial charge in [-0.05, 0) is 36.8 Å². The molecule has 18 heavy (non-hydrogen) atoms. The molecular formula is C14H12FN3. The van der Waals surface area contributed by atoms with Crippen molar-refractivity contribution in [1.29, 1.82) is 0 Å². The van der Waals surface area contributed by atoms with E-state index in [0.717, 1.165) is 16.7 Å². The van der Waals surface area contributed by atoms with E-state index in [1.807, 2.05) is 28.8 Å². The van der Waals surface area contributed by atoms with Crippen molar-refractivity contribution in [3.8, 4) is 5.69 Å². The highest BCUT2D eigenvalue weighted by Gasteiger charge is 2.09. The van der Waals surface area contributed by atoms with Gasteiger partial charge in [-0.3, -0.25) is 4.57 Å². The first-order valence-electron chi connectivity index (χ1n) is 5.65. The van der Waals surface area contributed by atoms with E-state index in [1.165, 1.54) is 6.07 Å². The van der Waals surface area contributed by atoms with Crippen LogP contribution >= 0.6 is 0 Å². The zero-order chi connectivity index (χ0) is 12.7. The molecule has 0 spiro atoms. The number of imidazole rings is 1. The maximum absolute atomic E-state index is 13.4. The third kappa shape index (κ3) is 1.54. The number of fused-ring (bicyclic) bond motifs is 1. The number of aryl methyl sites for hydroxylation is 1. The highest BCUT2D eigenvalue weighted by Crippen LogP contribution is 2.25. The molecule has 0 saturated carbocycles. The largest absolute Gasteiger partial charge is 0.397 e. The van der Waals surface area contributed by atoms with Gasteiger partial charge in [-0.2, -0.15) is 0 Å². The number of halogens is 1. The second kappa shape index (κ2) is 3.84. The Morgan fingerprint density at radius 2 is 2.00 bits per heavy atom. The molecule has 0 aliphatic carbocycles. The van der Waals surface area contributed by atoms with Crippen LogP contribution in [0, 0.1) is 12.7 Å². The van der Waals surface area contributed by atoms with Gasteiger partial charge in [-0.15, -0.1) is 0 Å². The van der Waals surface area contributed by atoms with Crippen molar-refractivity contribution < 1.29 is 4.39 Å². The Labute approximate surface area is 104 Å². The summed E-state index contributed by atoms with van der Waals surface area (Å²) in [6, 6.07) is 10.8. The van der Waals surface area contributed by atoms with Crippen molar-refractivity contribution >= 4 is 16.7 Å². The molecular weight excluding hydrogens is 229 g/mol. The Morgan fingerprint density at radius 1 is 1.22 bits per heavy atom. The topological polar surface area (TPSA) is 43.8 Å². The molecule has 1 aromatic heterocycles. The maximum atomic E-state index is 13.4. The van der Waals surface area contributed by atoms with E-state index in [2.05, 4.69) is 4.98 Å². The molecule has 3 nitrogen and oxygen atoms in total. The molecule has 0 aliphatic rings.